The van der Waals surface area contributed by atoms with Gasteiger partial charge in [-0.15, -0.1) is 0 Å². The zero-order valence-electron chi connectivity index (χ0n) is 16.1. The van der Waals surface area contributed by atoms with Crippen molar-refractivity contribution in [2.45, 2.75) is 26.4 Å². The lowest BCUT2D eigenvalue weighted by Gasteiger charge is -2.20. The molecule has 1 atom stereocenters. The summed E-state index contributed by atoms with van der Waals surface area (Å²) in [5.74, 6) is 1.44. The number of aliphatic hydroxyl groups excluding tert-OH is 1. The number of halogens is 1. The minimum absolute atomic E-state index is 0.0157. The molecule has 0 radical (unpaired) electrons. The average Bonchev–Trinajstić information content (AvgIpc) is 2.71. The minimum Gasteiger partial charge on any atom is -0.394 e. The van der Waals surface area contributed by atoms with Gasteiger partial charge >= 0.3 is 0 Å². The molecule has 0 fully saturated rings. The first-order valence-corrected chi connectivity index (χ1v) is 9.73. The summed E-state index contributed by atoms with van der Waals surface area (Å²) in [6.45, 7) is 4.71. The molecule has 0 bridgehead atoms. The van der Waals surface area contributed by atoms with Crippen LogP contribution < -0.4 is 10.6 Å². The number of anilines is 2. The quantitative estimate of drug-likeness (QED) is 0.508. The average molecular weight is 397 g/mol. The fraction of sp³-hybridized carbons (Fsp3) is 0.273. The van der Waals surface area contributed by atoms with Gasteiger partial charge in [0.2, 0.25) is 5.95 Å². The second-order valence-electron chi connectivity index (χ2n) is 6.99. The highest BCUT2D eigenvalue weighted by Crippen LogP contribution is 2.23. The molecule has 3 aromatic rings. The molecule has 146 valence electrons. The Morgan fingerprint density at radius 3 is 2.46 bits per heavy atom. The van der Waals surface area contributed by atoms with Crippen LogP contribution in [0.4, 0.5) is 11.8 Å². The lowest BCUT2D eigenvalue weighted by molar-refractivity contribution is 0.248. The Balaban J connectivity index is 1.88. The number of nitrogens with one attached hydrogen (secondary N) is 2. The predicted molar refractivity (Wildman–Crippen MR) is 116 cm³/mol. The van der Waals surface area contributed by atoms with Crippen molar-refractivity contribution in [2.24, 2.45) is 5.92 Å². The van der Waals surface area contributed by atoms with E-state index < -0.39 is 0 Å². The van der Waals surface area contributed by atoms with E-state index in [2.05, 4.69) is 20.6 Å². The molecular weight excluding hydrogens is 372 g/mol. The summed E-state index contributed by atoms with van der Waals surface area (Å²) in [7, 11) is 0. The predicted octanol–water partition coefficient (Wildman–Crippen LogP) is 4.84. The summed E-state index contributed by atoms with van der Waals surface area (Å²) in [6.07, 6.45) is 0. The molecule has 5 nitrogen and oxygen atoms in total. The fourth-order valence-electron chi connectivity index (χ4n) is 2.79. The minimum atomic E-state index is -0.119. The van der Waals surface area contributed by atoms with Crippen molar-refractivity contribution in [3.63, 3.8) is 0 Å². The molecule has 0 aliphatic carbocycles. The van der Waals surface area contributed by atoms with E-state index in [1.54, 1.807) is 0 Å². The summed E-state index contributed by atoms with van der Waals surface area (Å²) >= 11 is 6.07. The van der Waals surface area contributed by atoms with Gasteiger partial charge in [-0.2, -0.15) is 4.98 Å². The zero-order chi connectivity index (χ0) is 19.9. The maximum Gasteiger partial charge on any atom is 0.225 e. The van der Waals surface area contributed by atoms with E-state index in [-0.39, 0.29) is 18.6 Å². The molecule has 0 unspecified atom stereocenters. The van der Waals surface area contributed by atoms with E-state index in [0.29, 0.717) is 23.3 Å². The summed E-state index contributed by atoms with van der Waals surface area (Å²) in [6, 6.07) is 19.5. The van der Waals surface area contributed by atoms with Crippen molar-refractivity contribution in [3.05, 3.63) is 71.2 Å². The molecule has 3 N–H and O–H groups in total. The summed E-state index contributed by atoms with van der Waals surface area (Å²) in [4.78, 5) is 9.24. The summed E-state index contributed by atoms with van der Waals surface area (Å²) in [5.41, 5.74) is 2.88. The molecule has 0 saturated heterocycles. The van der Waals surface area contributed by atoms with Gasteiger partial charge in [-0.25, -0.2) is 4.98 Å². The third kappa shape index (κ3) is 5.44. The van der Waals surface area contributed by atoms with Gasteiger partial charge in [-0.05, 0) is 23.6 Å². The van der Waals surface area contributed by atoms with Gasteiger partial charge in [0.05, 0.1) is 18.3 Å². The van der Waals surface area contributed by atoms with E-state index >= 15 is 0 Å². The van der Waals surface area contributed by atoms with Crippen LogP contribution in [0.25, 0.3) is 11.3 Å². The van der Waals surface area contributed by atoms with Crippen LogP contribution in [0.2, 0.25) is 5.02 Å². The van der Waals surface area contributed by atoms with Crippen LogP contribution in [-0.4, -0.2) is 27.7 Å². The van der Waals surface area contributed by atoms with Gasteiger partial charge in [0.15, 0.2) is 0 Å². The van der Waals surface area contributed by atoms with Crippen LogP contribution in [0.3, 0.4) is 0 Å². The molecular formula is C22H25ClN4O. The van der Waals surface area contributed by atoms with Gasteiger partial charge in [0.25, 0.3) is 0 Å². The van der Waals surface area contributed by atoms with Crippen molar-refractivity contribution in [3.8, 4) is 11.3 Å². The highest BCUT2D eigenvalue weighted by Gasteiger charge is 2.15. The molecule has 2 aromatic carbocycles. The number of aliphatic hydroxyl groups is 1. The zero-order valence-corrected chi connectivity index (χ0v) is 16.8. The maximum absolute atomic E-state index is 9.65. The van der Waals surface area contributed by atoms with Crippen LogP contribution in [0.5, 0.6) is 0 Å². The van der Waals surface area contributed by atoms with Gasteiger partial charge in [-0.3, -0.25) is 0 Å². The molecule has 0 amide bonds. The molecule has 3 rings (SSSR count). The third-order valence-electron chi connectivity index (χ3n) is 4.47. The lowest BCUT2D eigenvalue weighted by atomic mass is 10.1. The summed E-state index contributed by atoms with van der Waals surface area (Å²) in [5, 5.41) is 17.0. The van der Waals surface area contributed by atoms with Crippen LogP contribution in [0.15, 0.2) is 60.7 Å². The monoisotopic (exact) mass is 396 g/mol. The van der Waals surface area contributed by atoms with Gasteiger partial charge in [0.1, 0.15) is 5.82 Å². The van der Waals surface area contributed by atoms with Gasteiger partial charge in [-0.1, -0.05) is 67.9 Å². The molecule has 28 heavy (non-hydrogen) atoms. The fourth-order valence-corrected chi connectivity index (χ4v) is 3.00. The lowest BCUT2D eigenvalue weighted by Crippen LogP contribution is -2.30. The number of hydrogen-bond acceptors (Lipinski definition) is 5. The van der Waals surface area contributed by atoms with E-state index in [9.17, 15) is 5.11 Å². The number of hydrogen-bond donors (Lipinski definition) is 3. The van der Waals surface area contributed by atoms with Gasteiger partial charge < -0.3 is 15.7 Å². The smallest absolute Gasteiger partial charge is 0.225 e. The molecule has 1 heterocycles. The highest BCUT2D eigenvalue weighted by atomic mass is 35.5. The number of aromatic nitrogens is 2. The van der Waals surface area contributed by atoms with E-state index in [0.717, 1.165) is 16.8 Å². The summed E-state index contributed by atoms with van der Waals surface area (Å²) < 4.78 is 0. The first-order valence-electron chi connectivity index (χ1n) is 9.35. The Kier molecular flexibility index (Phi) is 6.85. The van der Waals surface area contributed by atoms with E-state index in [1.807, 2.05) is 74.5 Å². The Labute approximate surface area is 170 Å². The molecule has 0 spiro atoms. The van der Waals surface area contributed by atoms with E-state index in [4.69, 9.17) is 11.6 Å². The molecule has 0 saturated carbocycles. The normalized spacial score (nSPS) is 12.0. The Morgan fingerprint density at radius 2 is 1.79 bits per heavy atom. The molecule has 0 aliphatic heterocycles. The molecule has 6 heteroatoms. The number of rotatable bonds is 8. The van der Waals surface area contributed by atoms with Crippen molar-refractivity contribution in [1.82, 2.24) is 9.97 Å². The standard InChI is InChI=1S/C22H25ClN4O/c1-15(2)20(14-28)26-22-25-19(17-8-4-3-5-9-17)12-21(27-22)24-13-16-7-6-10-18(23)11-16/h3-12,15,20,28H,13-14H2,1-2H3,(H2,24,25,26,27)/t20-/m0/s1. The Hall–Kier alpha value is -2.63. The van der Waals surface area contributed by atoms with Crippen LogP contribution >= 0.6 is 11.6 Å². The van der Waals surface area contributed by atoms with Crippen molar-refractivity contribution in [2.75, 3.05) is 17.2 Å². The Bertz CT molecular complexity index is 902. The molecule has 1 aromatic heterocycles. The van der Waals surface area contributed by atoms with Crippen LogP contribution in [0.1, 0.15) is 19.4 Å². The number of benzene rings is 2. The second kappa shape index (κ2) is 9.53. The second-order valence-corrected chi connectivity index (χ2v) is 7.43. The van der Waals surface area contributed by atoms with Crippen LogP contribution in [0, 0.1) is 5.92 Å². The largest absolute Gasteiger partial charge is 0.394 e. The molecule has 0 aliphatic rings. The van der Waals surface area contributed by atoms with Gasteiger partial charge in [0, 0.05) is 23.2 Å². The Morgan fingerprint density at radius 1 is 1.00 bits per heavy atom. The van der Waals surface area contributed by atoms with Crippen LogP contribution in [-0.2, 0) is 6.54 Å². The highest BCUT2D eigenvalue weighted by molar-refractivity contribution is 6.30. The first-order chi connectivity index (χ1) is 13.5. The SMILES string of the molecule is CC(C)[C@H](CO)Nc1nc(NCc2cccc(Cl)c2)cc(-c2ccccc2)n1. The first kappa shape index (κ1) is 20.1. The number of nitrogens with zero attached hydrogens (tertiary/aromatic N) is 2. The van der Waals surface area contributed by atoms with Crippen molar-refractivity contribution >= 4 is 23.4 Å². The van der Waals surface area contributed by atoms with Crippen molar-refractivity contribution < 1.29 is 5.11 Å². The topological polar surface area (TPSA) is 70.1 Å². The van der Waals surface area contributed by atoms with E-state index in [1.165, 1.54) is 0 Å². The maximum atomic E-state index is 9.65. The third-order valence-corrected chi connectivity index (χ3v) is 4.71. The van der Waals surface area contributed by atoms with Crippen molar-refractivity contribution in [1.29, 1.82) is 0 Å².